The molecule has 2 fully saturated rings. The number of ketones is 1. The maximum atomic E-state index is 13.1. The second-order valence-electron chi connectivity index (χ2n) is 7.52. The molecule has 0 spiro atoms. The second kappa shape index (κ2) is 7.58. The van der Waals surface area contributed by atoms with Crippen molar-refractivity contribution in [3.63, 3.8) is 0 Å². The molecule has 4 nitrogen and oxygen atoms in total. The molecule has 4 heteroatoms. The first kappa shape index (κ1) is 17.2. The highest BCUT2D eigenvalue weighted by atomic mass is 16.5. The van der Waals surface area contributed by atoms with Crippen molar-refractivity contribution in [3.8, 4) is 5.88 Å². The fourth-order valence-electron chi connectivity index (χ4n) is 4.65. The van der Waals surface area contributed by atoms with Gasteiger partial charge in [0, 0.05) is 42.4 Å². The van der Waals surface area contributed by atoms with Crippen molar-refractivity contribution in [2.45, 2.75) is 50.7 Å². The molecule has 0 N–H and O–H groups in total. The summed E-state index contributed by atoms with van der Waals surface area (Å²) in [7, 11) is 1.59. The summed E-state index contributed by atoms with van der Waals surface area (Å²) in [6, 6.07) is 15.3. The molecule has 2 aliphatic heterocycles. The van der Waals surface area contributed by atoms with Crippen molar-refractivity contribution in [3.05, 3.63) is 59.8 Å². The zero-order valence-corrected chi connectivity index (χ0v) is 15.3. The van der Waals surface area contributed by atoms with Crippen LogP contribution in [0.15, 0.2) is 48.7 Å². The van der Waals surface area contributed by atoms with E-state index in [2.05, 4.69) is 40.2 Å². The number of nitrogens with zero attached hydrogens (tertiary/aromatic N) is 2. The van der Waals surface area contributed by atoms with Crippen LogP contribution < -0.4 is 4.74 Å². The van der Waals surface area contributed by atoms with Gasteiger partial charge in [-0.2, -0.15) is 0 Å². The SMILES string of the molecule is COc1cc(C(=O)C2CC3CCCC(C2)N3Cc2ccccc2)ccn1. The summed E-state index contributed by atoms with van der Waals surface area (Å²) in [5, 5.41) is 0. The number of pyridine rings is 1. The fourth-order valence-corrected chi connectivity index (χ4v) is 4.65. The predicted octanol–water partition coefficient (Wildman–Crippen LogP) is 4.11. The van der Waals surface area contributed by atoms with E-state index in [1.54, 1.807) is 19.4 Å². The van der Waals surface area contributed by atoms with Gasteiger partial charge >= 0.3 is 0 Å². The van der Waals surface area contributed by atoms with Gasteiger partial charge in [0.2, 0.25) is 5.88 Å². The van der Waals surface area contributed by atoms with Crippen LogP contribution in [0, 0.1) is 5.92 Å². The summed E-state index contributed by atoms with van der Waals surface area (Å²) in [6.07, 6.45) is 7.28. The Bertz CT molecular complexity index is 748. The summed E-state index contributed by atoms with van der Waals surface area (Å²) in [5.74, 6) is 0.879. The van der Waals surface area contributed by atoms with E-state index in [9.17, 15) is 4.79 Å². The highest BCUT2D eigenvalue weighted by molar-refractivity contribution is 5.98. The van der Waals surface area contributed by atoms with Crippen LogP contribution in [0.4, 0.5) is 0 Å². The minimum atomic E-state index is 0.115. The molecule has 26 heavy (non-hydrogen) atoms. The van der Waals surface area contributed by atoms with Crippen LogP contribution in [-0.2, 0) is 6.54 Å². The van der Waals surface area contributed by atoms with Crippen molar-refractivity contribution in [2.24, 2.45) is 5.92 Å². The van der Waals surface area contributed by atoms with Crippen LogP contribution in [0.25, 0.3) is 0 Å². The van der Waals surface area contributed by atoms with E-state index >= 15 is 0 Å². The zero-order chi connectivity index (χ0) is 17.9. The third-order valence-corrected chi connectivity index (χ3v) is 5.93. The van der Waals surface area contributed by atoms with E-state index in [1.807, 2.05) is 6.07 Å². The van der Waals surface area contributed by atoms with Crippen LogP contribution in [0.2, 0.25) is 0 Å². The average molecular weight is 350 g/mol. The van der Waals surface area contributed by atoms with E-state index < -0.39 is 0 Å². The van der Waals surface area contributed by atoms with Gasteiger partial charge in [0.1, 0.15) is 0 Å². The van der Waals surface area contributed by atoms with Crippen LogP contribution in [0.1, 0.15) is 48.0 Å². The highest BCUT2D eigenvalue weighted by Gasteiger charge is 2.40. The van der Waals surface area contributed by atoms with Crippen LogP contribution >= 0.6 is 0 Å². The lowest BCUT2D eigenvalue weighted by molar-refractivity contribution is 0.00905. The van der Waals surface area contributed by atoms with E-state index in [1.165, 1.54) is 24.8 Å². The molecule has 1 aromatic heterocycles. The molecular formula is C22H26N2O2. The van der Waals surface area contributed by atoms with E-state index in [0.717, 1.165) is 24.9 Å². The van der Waals surface area contributed by atoms with Crippen molar-refractivity contribution in [2.75, 3.05) is 7.11 Å². The molecule has 0 radical (unpaired) electrons. The predicted molar refractivity (Wildman–Crippen MR) is 101 cm³/mol. The molecule has 2 atom stereocenters. The Morgan fingerprint density at radius 3 is 2.58 bits per heavy atom. The van der Waals surface area contributed by atoms with Crippen LogP contribution in [0.3, 0.4) is 0 Å². The Morgan fingerprint density at radius 1 is 1.15 bits per heavy atom. The standard InChI is InChI=1S/C22H26N2O2/c1-26-21-14-17(10-11-23-21)22(25)18-12-19-8-5-9-20(13-18)24(19)15-16-6-3-2-4-7-16/h2-4,6-7,10-11,14,18-20H,5,8-9,12-13,15H2,1H3. The number of methoxy groups -OCH3 is 1. The van der Waals surface area contributed by atoms with Crippen LogP contribution in [-0.4, -0.2) is 34.9 Å². The number of fused-ring (bicyclic) bond motifs is 2. The minimum Gasteiger partial charge on any atom is -0.481 e. The number of aromatic nitrogens is 1. The van der Waals surface area contributed by atoms with Crippen molar-refractivity contribution >= 4 is 5.78 Å². The van der Waals surface area contributed by atoms with Gasteiger partial charge in [-0.05, 0) is 37.3 Å². The molecule has 2 aliphatic rings. The first-order valence-corrected chi connectivity index (χ1v) is 9.58. The van der Waals surface area contributed by atoms with Crippen molar-refractivity contribution < 1.29 is 9.53 Å². The number of carbonyl (C=O) groups excluding carboxylic acids is 1. The number of hydrogen-bond donors (Lipinski definition) is 0. The Labute approximate surface area is 155 Å². The van der Waals surface area contributed by atoms with E-state index in [-0.39, 0.29) is 11.7 Å². The lowest BCUT2D eigenvalue weighted by atomic mass is 9.75. The van der Waals surface area contributed by atoms with Gasteiger partial charge in [-0.15, -0.1) is 0 Å². The summed E-state index contributed by atoms with van der Waals surface area (Å²) in [4.78, 5) is 19.8. The summed E-state index contributed by atoms with van der Waals surface area (Å²) < 4.78 is 5.18. The lowest BCUT2D eigenvalue weighted by Crippen LogP contribution is -2.52. The monoisotopic (exact) mass is 350 g/mol. The highest BCUT2D eigenvalue weighted by Crippen LogP contribution is 2.39. The third-order valence-electron chi connectivity index (χ3n) is 5.93. The zero-order valence-electron chi connectivity index (χ0n) is 15.3. The van der Waals surface area contributed by atoms with Gasteiger partial charge in [-0.3, -0.25) is 9.69 Å². The summed E-state index contributed by atoms with van der Waals surface area (Å²) in [5.41, 5.74) is 2.10. The van der Waals surface area contributed by atoms with Gasteiger partial charge in [-0.1, -0.05) is 36.8 Å². The molecule has 0 saturated carbocycles. The lowest BCUT2D eigenvalue weighted by Gasteiger charge is -2.48. The summed E-state index contributed by atoms with van der Waals surface area (Å²) >= 11 is 0. The van der Waals surface area contributed by atoms with Gasteiger partial charge in [-0.25, -0.2) is 4.98 Å². The molecule has 0 amide bonds. The molecular weight excluding hydrogens is 324 g/mol. The molecule has 3 heterocycles. The minimum absolute atomic E-state index is 0.115. The number of benzene rings is 1. The van der Waals surface area contributed by atoms with E-state index in [4.69, 9.17) is 4.74 Å². The molecule has 2 bridgehead atoms. The van der Waals surface area contributed by atoms with Crippen molar-refractivity contribution in [1.29, 1.82) is 0 Å². The Hall–Kier alpha value is -2.20. The summed E-state index contributed by atoms with van der Waals surface area (Å²) in [6.45, 7) is 1.00. The average Bonchev–Trinajstić information content (AvgIpc) is 2.68. The maximum absolute atomic E-state index is 13.1. The normalized spacial score (nSPS) is 25.7. The van der Waals surface area contributed by atoms with Gasteiger partial charge in [0.25, 0.3) is 0 Å². The second-order valence-corrected chi connectivity index (χ2v) is 7.52. The molecule has 2 aromatic rings. The Kier molecular flexibility index (Phi) is 5.02. The number of carbonyl (C=O) groups is 1. The number of rotatable bonds is 5. The molecule has 2 unspecified atom stereocenters. The number of piperidine rings is 2. The number of ether oxygens (including phenoxy) is 1. The topological polar surface area (TPSA) is 42.4 Å². The van der Waals surface area contributed by atoms with Gasteiger partial charge < -0.3 is 4.74 Å². The first-order chi connectivity index (χ1) is 12.7. The van der Waals surface area contributed by atoms with E-state index in [0.29, 0.717) is 18.0 Å². The number of Topliss-reactive ketones (excluding diaryl/α,β-unsaturated/α-hetero) is 1. The first-order valence-electron chi connectivity index (χ1n) is 9.58. The maximum Gasteiger partial charge on any atom is 0.213 e. The molecule has 4 rings (SSSR count). The largest absolute Gasteiger partial charge is 0.481 e. The quantitative estimate of drug-likeness (QED) is 0.761. The van der Waals surface area contributed by atoms with Gasteiger partial charge in [0.15, 0.2) is 5.78 Å². The Morgan fingerprint density at radius 2 is 1.88 bits per heavy atom. The Balaban J connectivity index is 1.49. The number of hydrogen-bond acceptors (Lipinski definition) is 4. The molecule has 0 aliphatic carbocycles. The molecule has 136 valence electrons. The molecule has 2 saturated heterocycles. The van der Waals surface area contributed by atoms with Crippen molar-refractivity contribution in [1.82, 2.24) is 9.88 Å². The third kappa shape index (κ3) is 3.51. The smallest absolute Gasteiger partial charge is 0.213 e. The fraction of sp³-hybridized carbons (Fsp3) is 0.455. The molecule has 1 aromatic carbocycles. The van der Waals surface area contributed by atoms with Gasteiger partial charge in [0.05, 0.1) is 7.11 Å². The van der Waals surface area contributed by atoms with Crippen LogP contribution in [0.5, 0.6) is 5.88 Å².